The van der Waals surface area contributed by atoms with Crippen molar-refractivity contribution in [2.45, 2.75) is 16.9 Å². The third-order valence-electron chi connectivity index (χ3n) is 3.67. The van der Waals surface area contributed by atoms with Gasteiger partial charge in [-0.2, -0.15) is 0 Å². The Labute approximate surface area is 138 Å². The Balaban J connectivity index is 1.91. The lowest BCUT2D eigenvalue weighted by atomic mass is 10.0. The predicted molar refractivity (Wildman–Crippen MR) is 93.9 cm³/mol. The molecule has 2 aromatic carbocycles. The lowest BCUT2D eigenvalue weighted by Gasteiger charge is -2.27. The summed E-state index contributed by atoms with van der Waals surface area (Å²) in [7, 11) is 0. The summed E-state index contributed by atoms with van der Waals surface area (Å²) in [6.07, 6.45) is 1.75. The fourth-order valence-electron chi connectivity index (χ4n) is 2.59. The zero-order chi connectivity index (χ0) is 15.4. The molecule has 0 fully saturated rings. The van der Waals surface area contributed by atoms with Crippen molar-refractivity contribution < 1.29 is 4.92 Å². The molecule has 2 aromatic rings. The number of rotatable bonds is 5. The first-order chi connectivity index (χ1) is 10.7. The minimum absolute atomic E-state index is 0.208. The summed E-state index contributed by atoms with van der Waals surface area (Å²) in [4.78, 5) is 11.1. The van der Waals surface area contributed by atoms with E-state index in [-0.39, 0.29) is 14.7 Å². The molecule has 1 heterocycles. The van der Waals surface area contributed by atoms with Gasteiger partial charge in [0, 0.05) is 6.07 Å². The maximum Gasteiger partial charge on any atom is 0.274 e. The Bertz CT molecular complexity index is 693. The SMILES string of the molecule is O=[N+]([O-])c1ccccc1C1(CCc2ccccc2)SC=CS1. The molecule has 0 unspecified atom stereocenters. The highest BCUT2D eigenvalue weighted by atomic mass is 32.2. The summed E-state index contributed by atoms with van der Waals surface area (Å²) in [5, 5.41) is 15.4. The summed E-state index contributed by atoms with van der Waals surface area (Å²) in [6, 6.07) is 17.4. The van der Waals surface area contributed by atoms with Gasteiger partial charge in [-0.15, -0.1) is 23.5 Å². The quantitative estimate of drug-likeness (QED) is 0.549. The van der Waals surface area contributed by atoms with Crippen LogP contribution in [0.25, 0.3) is 0 Å². The maximum absolute atomic E-state index is 11.4. The molecule has 0 spiro atoms. The average molecular weight is 329 g/mol. The standard InChI is InChI=1S/C17H15NO2S2/c19-18(20)16-9-5-4-8-15(16)17(21-12-13-22-17)11-10-14-6-2-1-3-7-14/h1-9,12-13H,10-11H2. The van der Waals surface area contributed by atoms with Crippen LogP contribution in [-0.2, 0) is 10.5 Å². The summed E-state index contributed by atoms with van der Waals surface area (Å²) in [5.74, 6) is 0. The molecule has 0 saturated heterocycles. The Kier molecular flexibility index (Phi) is 4.55. The van der Waals surface area contributed by atoms with Crippen LogP contribution in [0.15, 0.2) is 65.4 Å². The van der Waals surface area contributed by atoms with E-state index in [0.29, 0.717) is 0 Å². The number of hydrogen-bond donors (Lipinski definition) is 0. The van der Waals surface area contributed by atoms with E-state index in [1.54, 1.807) is 35.7 Å². The van der Waals surface area contributed by atoms with E-state index >= 15 is 0 Å². The van der Waals surface area contributed by atoms with Gasteiger partial charge in [0.25, 0.3) is 5.69 Å². The zero-order valence-corrected chi connectivity index (χ0v) is 13.5. The van der Waals surface area contributed by atoms with Gasteiger partial charge in [-0.05, 0) is 35.3 Å². The molecule has 0 N–H and O–H groups in total. The van der Waals surface area contributed by atoms with Crippen molar-refractivity contribution in [3.8, 4) is 0 Å². The molecule has 0 atom stereocenters. The van der Waals surface area contributed by atoms with Crippen LogP contribution >= 0.6 is 23.5 Å². The van der Waals surface area contributed by atoms with Crippen molar-refractivity contribution in [1.82, 2.24) is 0 Å². The topological polar surface area (TPSA) is 43.1 Å². The third-order valence-corrected chi connectivity index (χ3v) is 6.57. The minimum Gasteiger partial charge on any atom is -0.258 e. The Morgan fingerprint density at radius 2 is 1.59 bits per heavy atom. The number of nitro groups is 1. The molecule has 0 bridgehead atoms. The van der Waals surface area contributed by atoms with Gasteiger partial charge in [-0.25, -0.2) is 0 Å². The Hall–Kier alpha value is -1.72. The summed E-state index contributed by atoms with van der Waals surface area (Å²) in [5.41, 5.74) is 2.27. The van der Waals surface area contributed by atoms with Crippen molar-refractivity contribution in [3.05, 3.63) is 86.7 Å². The molecule has 0 saturated carbocycles. The van der Waals surface area contributed by atoms with Crippen LogP contribution in [0.1, 0.15) is 17.5 Å². The molecule has 112 valence electrons. The number of nitrogens with zero attached hydrogens (tertiary/aromatic N) is 1. The van der Waals surface area contributed by atoms with Crippen LogP contribution in [-0.4, -0.2) is 4.92 Å². The second-order valence-corrected chi connectivity index (χ2v) is 7.69. The normalized spacial score (nSPS) is 15.8. The third kappa shape index (κ3) is 3.05. The van der Waals surface area contributed by atoms with Gasteiger partial charge in [0.15, 0.2) is 0 Å². The van der Waals surface area contributed by atoms with E-state index in [1.807, 2.05) is 41.1 Å². The second kappa shape index (κ2) is 6.58. The largest absolute Gasteiger partial charge is 0.274 e. The molecule has 1 aliphatic heterocycles. The smallest absolute Gasteiger partial charge is 0.258 e. The first-order valence-electron chi connectivity index (χ1n) is 7.00. The molecule has 22 heavy (non-hydrogen) atoms. The fourth-order valence-corrected chi connectivity index (χ4v) is 5.07. The lowest BCUT2D eigenvalue weighted by Crippen LogP contribution is -2.17. The van der Waals surface area contributed by atoms with E-state index in [4.69, 9.17) is 0 Å². The maximum atomic E-state index is 11.4. The van der Waals surface area contributed by atoms with Crippen molar-refractivity contribution in [2.75, 3.05) is 0 Å². The zero-order valence-electron chi connectivity index (χ0n) is 11.8. The van der Waals surface area contributed by atoms with Gasteiger partial charge < -0.3 is 0 Å². The molecule has 3 rings (SSSR count). The lowest BCUT2D eigenvalue weighted by molar-refractivity contribution is -0.385. The minimum atomic E-state index is -0.306. The highest BCUT2D eigenvalue weighted by Crippen LogP contribution is 2.57. The van der Waals surface area contributed by atoms with E-state index in [1.165, 1.54) is 5.56 Å². The Morgan fingerprint density at radius 3 is 2.27 bits per heavy atom. The summed E-state index contributed by atoms with van der Waals surface area (Å²) < 4.78 is -0.306. The number of para-hydroxylation sites is 1. The molecule has 0 aliphatic carbocycles. The molecule has 5 heteroatoms. The number of hydrogen-bond acceptors (Lipinski definition) is 4. The van der Waals surface area contributed by atoms with Crippen LogP contribution in [0.3, 0.4) is 0 Å². The average Bonchev–Trinajstić information content (AvgIpc) is 3.04. The molecular weight excluding hydrogens is 314 g/mol. The van der Waals surface area contributed by atoms with Crippen LogP contribution < -0.4 is 0 Å². The van der Waals surface area contributed by atoms with Gasteiger partial charge in [0.2, 0.25) is 0 Å². The fraction of sp³-hybridized carbons (Fsp3) is 0.176. The summed E-state index contributed by atoms with van der Waals surface area (Å²) in [6.45, 7) is 0. The number of nitro benzene ring substituents is 1. The van der Waals surface area contributed by atoms with E-state index < -0.39 is 0 Å². The summed E-state index contributed by atoms with van der Waals surface area (Å²) >= 11 is 3.34. The van der Waals surface area contributed by atoms with Crippen LogP contribution in [0.4, 0.5) is 5.69 Å². The molecule has 0 aromatic heterocycles. The van der Waals surface area contributed by atoms with Crippen molar-refractivity contribution >= 4 is 29.2 Å². The van der Waals surface area contributed by atoms with Crippen LogP contribution in [0.2, 0.25) is 0 Å². The molecule has 0 radical (unpaired) electrons. The van der Waals surface area contributed by atoms with Crippen molar-refractivity contribution in [3.63, 3.8) is 0 Å². The van der Waals surface area contributed by atoms with Crippen LogP contribution in [0.5, 0.6) is 0 Å². The van der Waals surface area contributed by atoms with Crippen LogP contribution in [0, 0.1) is 10.1 Å². The highest BCUT2D eigenvalue weighted by Gasteiger charge is 2.39. The van der Waals surface area contributed by atoms with Crippen molar-refractivity contribution in [2.24, 2.45) is 0 Å². The van der Waals surface area contributed by atoms with Gasteiger partial charge >= 0.3 is 0 Å². The van der Waals surface area contributed by atoms with Gasteiger partial charge in [0.05, 0.1) is 10.5 Å². The molecule has 0 amide bonds. The van der Waals surface area contributed by atoms with E-state index in [0.717, 1.165) is 18.4 Å². The molecule has 1 aliphatic rings. The predicted octanol–water partition coefficient (Wildman–Crippen LogP) is 5.33. The van der Waals surface area contributed by atoms with Gasteiger partial charge in [-0.3, -0.25) is 10.1 Å². The van der Waals surface area contributed by atoms with E-state index in [2.05, 4.69) is 12.1 Å². The number of benzene rings is 2. The van der Waals surface area contributed by atoms with E-state index in [9.17, 15) is 10.1 Å². The van der Waals surface area contributed by atoms with Gasteiger partial charge in [-0.1, -0.05) is 42.5 Å². The first-order valence-corrected chi connectivity index (χ1v) is 8.76. The molecule has 3 nitrogen and oxygen atoms in total. The van der Waals surface area contributed by atoms with Crippen molar-refractivity contribution in [1.29, 1.82) is 0 Å². The Morgan fingerprint density at radius 1 is 0.955 bits per heavy atom. The first kappa shape index (κ1) is 15.2. The van der Waals surface area contributed by atoms with Gasteiger partial charge in [0.1, 0.15) is 4.08 Å². The number of aryl methyl sites for hydroxylation is 1. The number of thioether (sulfide) groups is 2. The second-order valence-electron chi connectivity index (χ2n) is 5.02. The highest BCUT2D eigenvalue weighted by molar-refractivity contribution is 8.22. The monoisotopic (exact) mass is 329 g/mol. The molecular formula is C17H15NO2S2.